The molecule has 2 amide bonds. The molecule has 3 rings (SSSR count). The van der Waals surface area contributed by atoms with Crippen molar-refractivity contribution < 1.29 is 27.5 Å². The van der Waals surface area contributed by atoms with E-state index in [-0.39, 0.29) is 11.1 Å². The maximum atomic E-state index is 13.7. The van der Waals surface area contributed by atoms with Crippen molar-refractivity contribution in [2.24, 2.45) is 0 Å². The number of nitriles is 1. The van der Waals surface area contributed by atoms with Crippen LogP contribution in [0, 0.1) is 11.3 Å². The molecule has 0 unspecified atom stereocenters. The number of halogens is 3. The minimum absolute atomic E-state index is 0.183. The van der Waals surface area contributed by atoms with E-state index in [0.29, 0.717) is 37.6 Å². The standard InChI is InChI=1S/C25H28F3N5O3/c1-24(2,3)36-23(35)33-10-8-32(9-11-33)21-17(14-29)12-18(15-30-21)16-6-7-19(22(34)31(4)5)20(13-16)25(26,27)28/h6-7,12-13,15H,8-11H2,1-5H3. The van der Waals surface area contributed by atoms with E-state index in [4.69, 9.17) is 4.74 Å². The van der Waals surface area contributed by atoms with Crippen LogP contribution in [-0.2, 0) is 10.9 Å². The molecular weight excluding hydrogens is 475 g/mol. The third kappa shape index (κ3) is 6.05. The van der Waals surface area contributed by atoms with E-state index in [1.807, 2.05) is 4.90 Å². The van der Waals surface area contributed by atoms with Crippen LogP contribution in [0.1, 0.15) is 42.3 Å². The lowest BCUT2D eigenvalue weighted by molar-refractivity contribution is -0.138. The zero-order chi connectivity index (χ0) is 26.8. The average molecular weight is 504 g/mol. The molecule has 192 valence electrons. The zero-order valence-corrected chi connectivity index (χ0v) is 20.8. The van der Waals surface area contributed by atoms with Crippen LogP contribution >= 0.6 is 0 Å². The molecule has 2 aromatic rings. The molecular formula is C25H28F3N5O3. The second-order valence-electron chi connectivity index (χ2n) is 9.62. The molecule has 0 atom stereocenters. The van der Waals surface area contributed by atoms with Crippen LogP contribution in [0.3, 0.4) is 0 Å². The van der Waals surface area contributed by atoms with Gasteiger partial charge in [0.2, 0.25) is 0 Å². The van der Waals surface area contributed by atoms with Gasteiger partial charge in [-0.15, -0.1) is 0 Å². The molecule has 0 aliphatic carbocycles. The Kier molecular flexibility index (Phi) is 7.48. The summed E-state index contributed by atoms with van der Waals surface area (Å²) >= 11 is 0. The summed E-state index contributed by atoms with van der Waals surface area (Å²) in [4.78, 5) is 33.4. The molecule has 36 heavy (non-hydrogen) atoms. The Morgan fingerprint density at radius 1 is 1.06 bits per heavy atom. The van der Waals surface area contributed by atoms with Crippen LogP contribution in [-0.4, -0.2) is 72.7 Å². The molecule has 1 fully saturated rings. The Morgan fingerprint density at radius 2 is 1.69 bits per heavy atom. The third-order valence-electron chi connectivity index (χ3n) is 5.51. The van der Waals surface area contributed by atoms with Gasteiger partial charge in [-0.1, -0.05) is 6.07 Å². The highest BCUT2D eigenvalue weighted by Gasteiger charge is 2.36. The number of hydrogen-bond donors (Lipinski definition) is 0. The largest absolute Gasteiger partial charge is 0.444 e. The predicted molar refractivity (Wildman–Crippen MR) is 127 cm³/mol. The average Bonchev–Trinajstić information content (AvgIpc) is 2.81. The number of pyridine rings is 1. The van der Waals surface area contributed by atoms with E-state index < -0.39 is 34.9 Å². The number of hydrogen-bond acceptors (Lipinski definition) is 6. The van der Waals surface area contributed by atoms with Crippen molar-refractivity contribution in [1.82, 2.24) is 14.8 Å². The van der Waals surface area contributed by atoms with Gasteiger partial charge in [-0.25, -0.2) is 9.78 Å². The van der Waals surface area contributed by atoms with Crippen LogP contribution in [0.2, 0.25) is 0 Å². The number of alkyl halides is 3. The SMILES string of the molecule is CN(C)C(=O)c1ccc(-c2cnc(N3CCN(C(=O)OC(C)(C)C)CC3)c(C#N)c2)cc1C(F)(F)F. The van der Waals surface area contributed by atoms with Crippen molar-refractivity contribution in [2.45, 2.75) is 32.5 Å². The molecule has 1 aromatic carbocycles. The number of ether oxygens (including phenoxy) is 1. The van der Waals surface area contributed by atoms with Gasteiger partial charge in [0.15, 0.2) is 0 Å². The molecule has 0 saturated carbocycles. The number of aromatic nitrogens is 1. The first-order valence-corrected chi connectivity index (χ1v) is 11.3. The summed E-state index contributed by atoms with van der Waals surface area (Å²) in [5, 5.41) is 9.72. The number of anilines is 1. The van der Waals surface area contributed by atoms with Crippen molar-refractivity contribution in [3.05, 3.63) is 47.2 Å². The fraction of sp³-hybridized carbons (Fsp3) is 0.440. The highest BCUT2D eigenvalue weighted by atomic mass is 19.4. The van der Waals surface area contributed by atoms with E-state index in [0.717, 1.165) is 17.0 Å². The summed E-state index contributed by atoms with van der Waals surface area (Å²) in [5.41, 5.74) is -1.42. The second kappa shape index (κ2) is 10.0. The fourth-order valence-electron chi connectivity index (χ4n) is 3.76. The van der Waals surface area contributed by atoms with Gasteiger partial charge in [-0.3, -0.25) is 4.79 Å². The van der Waals surface area contributed by atoms with E-state index in [1.165, 1.54) is 32.4 Å². The molecule has 1 aromatic heterocycles. The molecule has 0 N–H and O–H groups in total. The number of carbonyl (C=O) groups excluding carboxylic acids is 2. The number of rotatable bonds is 3. The van der Waals surface area contributed by atoms with Gasteiger partial charge in [-0.2, -0.15) is 18.4 Å². The highest BCUT2D eigenvalue weighted by molar-refractivity contribution is 5.96. The summed E-state index contributed by atoms with van der Waals surface area (Å²) in [5.74, 6) is -0.369. The topological polar surface area (TPSA) is 89.8 Å². The van der Waals surface area contributed by atoms with E-state index in [1.54, 1.807) is 25.7 Å². The Morgan fingerprint density at radius 3 is 2.22 bits per heavy atom. The lowest BCUT2D eigenvalue weighted by Crippen LogP contribution is -2.50. The van der Waals surface area contributed by atoms with Gasteiger partial charge in [0.25, 0.3) is 5.91 Å². The molecule has 0 radical (unpaired) electrons. The number of nitrogens with zero attached hydrogens (tertiary/aromatic N) is 5. The lowest BCUT2D eigenvalue weighted by atomic mass is 9.98. The summed E-state index contributed by atoms with van der Waals surface area (Å²) < 4.78 is 46.5. The minimum Gasteiger partial charge on any atom is -0.444 e. The number of amides is 2. The highest BCUT2D eigenvalue weighted by Crippen LogP contribution is 2.36. The molecule has 1 aliphatic heterocycles. The van der Waals surface area contributed by atoms with Crippen molar-refractivity contribution in [3.63, 3.8) is 0 Å². The molecule has 1 aliphatic rings. The summed E-state index contributed by atoms with van der Waals surface area (Å²) in [7, 11) is 2.76. The summed E-state index contributed by atoms with van der Waals surface area (Å²) in [6.07, 6.45) is -3.75. The fourth-order valence-corrected chi connectivity index (χ4v) is 3.76. The quantitative estimate of drug-likeness (QED) is 0.617. The van der Waals surface area contributed by atoms with Crippen molar-refractivity contribution >= 4 is 17.8 Å². The van der Waals surface area contributed by atoms with E-state index in [2.05, 4.69) is 11.1 Å². The van der Waals surface area contributed by atoms with Gasteiger partial charge in [-0.05, 0) is 44.5 Å². The second-order valence-corrected chi connectivity index (χ2v) is 9.62. The molecule has 8 nitrogen and oxygen atoms in total. The van der Waals surface area contributed by atoms with Crippen LogP contribution in [0.4, 0.5) is 23.8 Å². The van der Waals surface area contributed by atoms with Crippen LogP contribution in [0.25, 0.3) is 11.1 Å². The lowest BCUT2D eigenvalue weighted by Gasteiger charge is -2.36. The van der Waals surface area contributed by atoms with Gasteiger partial charge in [0, 0.05) is 52.0 Å². The Hall–Kier alpha value is -3.81. The van der Waals surface area contributed by atoms with Crippen LogP contribution < -0.4 is 4.90 Å². The first-order valence-electron chi connectivity index (χ1n) is 11.3. The minimum atomic E-state index is -4.74. The maximum Gasteiger partial charge on any atom is 0.417 e. The Labute approximate surface area is 207 Å². The molecule has 0 spiro atoms. The monoisotopic (exact) mass is 503 g/mol. The van der Waals surface area contributed by atoms with Crippen LogP contribution in [0.5, 0.6) is 0 Å². The number of benzene rings is 1. The van der Waals surface area contributed by atoms with Crippen molar-refractivity contribution in [2.75, 3.05) is 45.2 Å². The van der Waals surface area contributed by atoms with Crippen molar-refractivity contribution in [3.8, 4) is 17.2 Å². The number of carbonyl (C=O) groups is 2. The summed E-state index contributed by atoms with van der Waals surface area (Å²) in [6.45, 7) is 6.95. The van der Waals surface area contributed by atoms with Gasteiger partial charge in [0.1, 0.15) is 17.5 Å². The van der Waals surface area contributed by atoms with E-state index >= 15 is 0 Å². The first kappa shape index (κ1) is 26.8. The van der Waals surface area contributed by atoms with Gasteiger partial charge in [0.05, 0.1) is 16.7 Å². The van der Waals surface area contributed by atoms with Gasteiger partial charge >= 0.3 is 12.3 Å². The Bertz CT molecular complexity index is 1190. The van der Waals surface area contributed by atoms with Gasteiger partial charge < -0.3 is 19.4 Å². The van der Waals surface area contributed by atoms with Crippen LogP contribution in [0.15, 0.2) is 30.5 Å². The predicted octanol–water partition coefficient (Wildman–Crippen LogP) is 4.40. The Balaban J connectivity index is 1.86. The summed E-state index contributed by atoms with van der Waals surface area (Å²) in [6, 6.07) is 6.98. The third-order valence-corrected chi connectivity index (χ3v) is 5.51. The van der Waals surface area contributed by atoms with E-state index in [9.17, 15) is 28.0 Å². The smallest absolute Gasteiger partial charge is 0.417 e. The molecule has 1 saturated heterocycles. The molecule has 11 heteroatoms. The molecule has 2 heterocycles. The van der Waals surface area contributed by atoms with Crippen molar-refractivity contribution in [1.29, 1.82) is 5.26 Å². The molecule has 0 bridgehead atoms. The zero-order valence-electron chi connectivity index (χ0n) is 20.8. The maximum absolute atomic E-state index is 13.7. The normalized spacial score (nSPS) is 14.3. The first-order chi connectivity index (χ1) is 16.7. The number of piperazine rings is 1.